The van der Waals surface area contributed by atoms with Crippen LogP contribution in [-0.4, -0.2) is 58.0 Å². The van der Waals surface area contributed by atoms with E-state index in [1.807, 2.05) is 0 Å². The summed E-state index contributed by atoms with van der Waals surface area (Å²) in [5, 5.41) is 20.4. The molecule has 140 valence electrons. The second-order valence-electron chi connectivity index (χ2n) is 7.90. The summed E-state index contributed by atoms with van der Waals surface area (Å²) in [5.41, 5.74) is -0.436. The molecule has 1 aliphatic carbocycles. The lowest BCUT2D eigenvalue weighted by molar-refractivity contribution is 0.0592. The van der Waals surface area contributed by atoms with Crippen molar-refractivity contribution in [3.8, 4) is 0 Å². The number of urea groups is 1. The molecule has 0 bridgehead atoms. The van der Waals surface area contributed by atoms with E-state index in [1.54, 1.807) is 31.0 Å². The van der Waals surface area contributed by atoms with Gasteiger partial charge in [-0.25, -0.2) is 4.79 Å². The first-order valence-electron chi connectivity index (χ1n) is 9.40. The lowest BCUT2D eigenvalue weighted by Crippen LogP contribution is -2.47. The molecule has 3 N–H and O–H groups in total. The standard InChI is InChI=1S/C18H31N5O2/c1-18(25,15-9-20-22(2)11-15)13-19-17(24)21-16-7-8-23(12-16)10-14-5-3-4-6-14/h9,11,14,16,25H,3-8,10,12-13H2,1-2H3,(H2,19,21,24)/t16-,18+/m1/s1. The molecule has 2 amide bonds. The van der Waals surface area contributed by atoms with Crippen LogP contribution in [0, 0.1) is 5.92 Å². The van der Waals surface area contributed by atoms with Crippen LogP contribution in [0.1, 0.15) is 44.6 Å². The molecule has 1 aliphatic heterocycles. The summed E-state index contributed by atoms with van der Waals surface area (Å²) in [5.74, 6) is 0.849. The molecule has 25 heavy (non-hydrogen) atoms. The fourth-order valence-corrected chi connectivity index (χ4v) is 3.96. The Hall–Kier alpha value is -1.60. The van der Waals surface area contributed by atoms with Gasteiger partial charge in [0.05, 0.1) is 12.7 Å². The maximum absolute atomic E-state index is 12.2. The van der Waals surface area contributed by atoms with Crippen molar-refractivity contribution in [3.05, 3.63) is 18.0 Å². The highest BCUT2D eigenvalue weighted by Crippen LogP contribution is 2.26. The van der Waals surface area contributed by atoms with E-state index in [1.165, 1.54) is 32.2 Å². The molecule has 3 rings (SSSR count). The van der Waals surface area contributed by atoms with Gasteiger partial charge >= 0.3 is 6.03 Å². The minimum atomic E-state index is -1.13. The Morgan fingerprint density at radius 1 is 1.40 bits per heavy atom. The summed E-state index contributed by atoms with van der Waals surface area (Å²) < 4.78 is 1.64. The summed E-state index contributed by atoms with van der Waals surface area (Å²) in [6.07, 6.45) is 9.85. The molecule has 7 heteroatoms. The van der Waals surface area contributed by atoms with E-state index in [4.69, 9.17) is 0 Å². The molecule has 2 fully saturated rings. The normalized spacial score (nSPS) is 24.4. The van der Waals surface area contributed by atoms with Gasteiger partial charge in [0.25, 0.3) is 0 Å². The van der Waals surface area contributed by atoms with Crippen molar-refractivity contribution in [2.75, 3.05) is 26.2 Å². The third-order valence-corrected chi connectivity index (χ3v) is 5.52. The fraction of sp³-hybridized carbons (Fsp3) is 0.778. The van der Waals surface area contributed by atoms with Crippen molar-refractivity contribution in [2.45, 2.75) is 50.7 Å². The van der Waals surface area contributed by atoms with E-state index in [-0.39, 0.29) is 18.6 Å². The first-order valence-corrected chi connectivity index (χ1v) is 9.40. The molecule has 2 atom stereocenters. The molecule has 1 saturated carbocycles. The topological polar surface area (TPSA) is 82.4 Å². The quantitative estimate of drug-likeness (QED) is 0.720. The maximum atomic E-state index is 12.2. The van der Waals surface area contributed by atoms with Gasteiger partial charge in [-0.2, -0.15) is 5.10 Å². The molecule has 0 unspecified atom stereocenters. The van der Waals surface area contributed by atoms with Crippen LogP contribution in [0.2, 0.25) is 0 Å². The highest BCUT2D eigenvalue weighted by molar-refractivity contribution is 5.74. The number of aromatic nitrogens is 2. The number of nitrogens with zero attached hydrogens (tertiary/aromatic N) is 3. The molecule has 1 aromatic rings. The van der Waals surface area contributed by atoms with Gasteiger partial charge in [0.1, 0.15) is 5.60 Å². The minimum absolute atomic E-state index is 0.156. The van der Waals surface area contributed by atoms with E-state index in [2.05, 4.69) is 20.6 Å². The van der Waals surface area contributed by atoms with Crippen molar-refractivity contribution in [3.63, 3.8) is 0 Å². The van der Waals surface area contributed by atoms with E-state index in [0.29, 0.717) is 5.56 Å². The van der Waals surface area contributed by atoms with Gasteiger partial charge < -0.3 is 20.6 Å². The Kier molecular flexibility index (Phi) is 5.64. The molecular formula is C18H31N5O2. The van der Waals surface area contributed by atoms with Crippen molar-refractivity contribution in [2.24, 2.45) is 13.0 Å². The van der Waals surface area contributed by atoms with Gasteiger partial charge in [0.15, 0.2) is 0 Å². The monoisotopic (exact) mass is 349 g/mol. The first kappa shape index (κ1) is 18.2. The van der Waals surface area contributed by atoms with E-state index < -0.39 is 5.60 Å². The zero-order chi connectivity index (χ0) is 17.9. The van der Waals surface area contributed by atoms with Crippen molar-refractivity contribution < 1.29 is 9.90 Å². The molecular weight excluding hydrogens is 318 g/mol. The van der Waals surface area contributed by atoms with Crippen LogP contribution in [0.4, 0.5) is 4.79 Å². The van der Waals surface area contributed by atoms with Crippen molar-refractivity contribution in [1.82, 2.24) is 25.3 Å². The average molecular weight is 349 g/mol. The molecule has 0 spiro atoms. The number of aryl methyl sites for hydroxylation is 1. The number of hydrogen-bond donors (Lipinski definition) is 3. The number of rotatable bonds is 6. The van der Waals surface area contributed by atoms with Crippen LogP contribution < -0.4 is 10.6 Å². The molecule has 7 nitrogen and oxygen atoms in total. The predicted octanol–water partition coefficient (Wildman–Crippen LogP) is 1.19. The second-order valence-corrected chi connectivity index (χ2v) is 7.90. The van der Waals surface area contributed by atoms with Gasteiger partial charge in [-0.05, 0) is 32.1 Å². The number of carbonyl (C=O) groups excluding carboxylic acids is 1. The molecule has 2 heterocycles. The largest absolute Gasteiger partial charge is 0.383 e. The Balaban J connectivity index is 1.39. The Bertz CT molecular complexity index is 580. The van der Waals surface area contributed by atoms with E-state index in [0.717, 1.165) is 25.4 Å². The number of nitrogens with one attached hydrogen (secondary N) is 2. The minimum Gasteiger partial charge on any atom is -0.383 e. The first-order chi connectivity index (χ1) is 11.9. The van der Waals surface area contributed by atoms with Crippen molar-refractivity contribution >= 4 is 6.03 Å². The van der Waals surface area contributed by atoms with Crippen LogP contribution in [0.5, 0.6) is 0 Å². The van der Waals surface area contributed by atoms with E-state index in [9.17, 15) is 9.90 Å². The smallest absolute Gasteiger partial charge is 0.315 e. The Morgan fingerprint density at radius 2 is 2.16 bits per heavy atom. The summed E-state index contributed by atoms with van der Waals surface area (Å²) in [6, 6.07) is -0.0124. The van der Waals surface area contributed by atoms with Crippen LogP contribution in [0.15, 0.2) is 12.4 Å². The lowest BCUT2D eigenvalue weighted by Gasteiger charge is -2.23. The number of amides is 2. The summed E-state index contributed by atoms with van der Waals surface area (Å²) in [4.78, 5) is 14.6. The molecule has 1 saturated heterocycles. The summed E-state index contributed by atoms with van der Waals surface area (Å²) >= 11 is 0. The van der Waals surface area contributed by atoms with Gasteiger partial charge in [0, 0.05) is 44.5 Å². The second kappa shape index (κ2) is 7.74. The van der Waals surface area contributed by atoms with Crippen LogP contribution in [0.3, 0.4) is 0 Å². The van der Waals surface area contributed by atoms with Crippen LogP contribution in [0.25, 0.3) is 0 Å². The van der Waals surface area contributed by atoms with E-state index >= 15 is 0 Å². The zero-order valence-corrected chi connectivity index (χ0v) is 15.4. The Morgan fingerprint density at radius 3 is 2.84 bits per heavy atom. The molecule has 1 aromatic heterocycles. The third kappa shape index (κ3) is 4.95. The molecule has 0 radical (unpaired) electrons. The van der Waals surface area contributed by atoms with Gasteiger partial charge in [-0.3, -0.25) is 4.68 Å². The zero-order valence-electron chi connectivity index (χ0n) is 15.4. The fourth-order valence-electron chi connectivity index (χ4n) is 3.96. The lowest BCUT2D eigenvalue weighted by atomic mass is 10.00. The third-order valence-electron chi connectivity index (χ3n) is 5.52. The summed E-state index contributed by atoms with van der Waals surface area (Å²) in [6.45, 7) is 5.01. The molecule has 0 aromatic carbocycles. The van der Waals surface area contributed by atoms with Crippen LogP contribution in [-0.2, 0) is 12.6 Å². The average Bonchev–Trinajstić information content (AvgIpc) is 3.29. The number of carbonyl (C=O) groups is 1. The van der Waals surface area contributed by atoms with Gasteiger partial charge in [-0.1, -0.05) is 12.8 Å². The molecule has 2 aliphatic rings. The highest BCUT2D eigenvalue weighted by atomic mass is 16.3. The number of aliphatic hydroxyl groups is 1. The van der Waals surface area contributed by atoms with Gasteiger partial charge in [-0.15, -0.1) is 0 Å². The highest BCUT2D eigenvalue weighted by Gasteiger charge is 2.28. The SMILES string of the molecule is Cn1cc([C@@](C)(O)CNC(=O)N[C@@H]2CCN(CC3CCCC3)C2)cn1. The van der Waals surface area contributed by atoms with Crippen LogP contribution >= 0.6 is 0 Å². The van der Waals surface area contributed by atoms with Gasteiger partial charge in [0.2, 0.25) is 0 Å². The maximum Gasteiger partial charge on any atom is 0.315 e. The Labute approximate surface area is 149 Å². The predicted molar refractivity (Wildman–Crippen MR) is 96.1 cm³/mol. The summed E-state index contributed by atoms with van der Waals surface area (Å²) in [7, 11) is 1.80. The number of hydrogen-bond acceptors (Lipinski definition) is 4. The van der Waals surface area contributed by atoms with Crippen molar-refractivity contribution in [1.29, 1.82) is 0 Å². The number of likely N-dealkylation sites (tertiary alicyclic amines) is 1.